The standard InChI is InChI=1S/C14H10F2Se/c15-12-5-6-13(16)11-8-17-14-4-2-1-3-9(14)7-10(11)12/h1-6H,7-8H2. The summed E-state index contributed by atoms with van der Waals surface area (Å²) in [7, 11) is 0. The second-order valence-electron chi connectivity index (χ2n) is 4.06. The van der Waals surface area contributed by atoms with Crippen LogP contribution >= 0.6 is 0 Å². The normalized spacial score (nSPS) is 13.8. The van der Waals surface area contributed by atoms with E-state index in [1.807, 2.05) is 18.2 Å². The van der Waals surface area contributed by atoms with Gasteiger partial charge in [0.1, 0.15) is 0 Å². The van der Waals surface area contributed by atoms with Crippen molar-refractivity contribution in [2.24, 2.45) is 0 Å². The molecule has 0 radical (unpaired) electrons. The van der Waals surface area contributed by atoms with Gasteiger partial charge in [-0.15, -0.1) is 0 Å². The van der Waals surface area contributed by atoms with Crippen LogP contribution in [0.3, 0.4) is 0 Å². The van der Waals surface area contributed by atoms with E-state index < -0.39 is 0 Å². The molecule has 0 nitrogen and oxygen atoms in total. The van der Waals surface area contributed by atoms with E-state index in [0.29, 0.717) is 22.9 Å². The molecule has 2 aromatic rings. The second kappa shape index (κ2) is 4.25. The molecule has 0 amide bonds. The number of hydrogen-bond donors (Lipinski definition) is 0. The van der Waals surface area contributed by atoms with Gasteiger partial charge in [-0.2, -0.15) is 0 Å². The van der Waals surface area contributed by atoms with E-state index in [2.05, 4.69) is 6.07 Å². The molecule has 0 atom stereocenters. The number of rotatable bonds is 0. The third-order valence-electron chi connectivity index (χ3n) is 3.03. The predicted molar refractivity (Wildman–Crippen MR) is 64.7 cm³/mol. The van der Waals surface area contributed by atoms with Crippen molar-refractivity contribution in [3.8, 4) is 0 Å². The van der Waals surface area contributed by atoms with E-state index in [4.69, 9.17) is 0 Å². The average molecular weight is 295 g/mol. The fourth-order valence-corrected chi connectivity index (χ4v) is 4.45. The topological polar surface area (TPSA) is 0 Å². The number of fused-ring (bicyclic) bond motifs is 2. The summed E-state index contributed by atoms with van der Waals surface area (Å²) in [5.41, 5.74) is 2.24. The summed E-state index contributed by atoms with van der Waals surface area (Å²) in [6, 6.07) is 10.5. The van der Waals surface area contributed by atoms with Crippen LogP contribution in [-0.2, 0) is 11.7 Å². The molecule has 1 aliphatic heterocycles. The third-order valence-corrected chi connectivity index (χ3v) is 5.43. The van der Waals surface area contributed by atoms with Crippen LogP contribution in [0.25, 0.3) is 0 Å². The molecule has 0 N–H and O–H groups in total. The van der Waals surface area contributed by atoms with E-state index in [1.54, 1.807) is 0 Å². The first-order valence-electron chi connectivity index (χ1n) is 5.42. The molecule has 2 aromatic carbocycles. The quantitative estimate of drug-likeness (QED) is 0.655. The summed E-state index contributed by atoms with van der Waals surface area (Å²) in [5.74, 6) is -0.551. The maximum absolute atomic E-state index is 13.8. The molecule has 1 aliphatic rings. The first-order valence-corrected chi connectivity index (χ1v) is 7.49. The second-order valence-corrected chi connectivity index (χ2v) is 6.19. The van der Waals surface area contributed by atoms with Gasteiger partial charge in [-0.3, -0.25) is 0 Å². The fraction of sp³-hybridized carbons (Fsp3) is 0.143. The van der Waals surface area contributed by atoms with Crippen LogP contribution in [0, 0.1) is 11.6 Å². The molecule has 17 heavy (non-hydrogen) atoms. The van der Waals surface area contributed by atoms with Gasteiger partial charge >= 0.3 is 105 Å². The maximum atomic E-state index is 13.8. The van der Waals surface area contributed by atoms with Crippen molar-refractivity contribution in [2.45, 2.75) is 11.7 Å². The van der Waals surface area contributed by atoms with Crippen molar-refractivity contribution in [3.63, 3.8) is 0 Å². The van der Waals surface area contributed by atoms with Gasteiger partial charge in [0.15, 0.2) is 0 Å². The molecule has 0 spiro atoms. The van der Waals surface area contributed by atoms with Crippen molar-refractivity contribution < 1.29 is 8.78 Å². The molecule has 1 heterocycles. The number of halogens is 2. The van der Waals surface area contributed by atoms with Crippen LogP contribution in [-0.4, -0.2) is 15.0 Å². The zero-order chi connectivity index (χ0) is 11.8. The van der Waals surface area contributed by atoms with E-state index in [1.165, 1.54) is 16.6 Å². The molecular weight excluding hydrogens is 285 g/mol. The minimum atomic E-state index is -0.283. The number of hydrogen-bond acceptors (Lipinski definition) is 0. The zero-order valence-corrected chi connectivity index (χ0v) is 10.8. The van der Waals surface area contributed by atoms with Gasteiger partial charge in [-0.05, 0) is 0 Å². The SMILES string of the molecule is Fc1ccc(F)c2c1C[Se]c1ccccc1C2. The van der Waals surface area contributed by atoms with E-state index in [-0.39, 0.29) is 26.6 Å². The Kier molecular flexibility index (Phi) is 2.73. The van der Waals surface area contributed by atoms with Gasteiger partial charge < -0.3 is 0 Å². The van der Waals surface area contributed by atoms with Gasteiger partial charge in [0.05, 0.1) is 0 Å². The van der Waals surface area contributed by atoms with Gasteiger partial charge in [0.2, 0.25) is 0 Å². The summed E-state index contributed by atoms with van der Waals surface area (Å²) >= 11 is 0.191. The first-order chi connectivity index (χ1) is 8.25. The van der Waals surface area contributed by atoms with Crippen molar-refractivity contribution in [1.82, 2.24) is 0 Å². The van der Waals surface area contributed by atoms with Crippen molar-refractivity contribution in [3.05, 3.63) is 64.7 Å². The molecule has 0 unspecified atom stereocenters. The molecule has 0 saturated heterocycles. The van der Waals surface area contributed by atoms with Crippen molar-refractivity contribution in [2.75, 3.05) is 0 Å². The summed E-state index contributed by atoms with van der Waals surface area (Å²) in [6.45, 7) is 0. The molecular formula is C14H10F2Se. The molecule has 0 aliphatic carbocycles. The van der Waals surface area contributed by atoms with Gasteiger partial charge in [-0.1, -0.05) is 0 Å². The Balaban J connectivity index is 2.17. The van der Waals surface area contributed by atoms with Crippen LogP contribution < -0.4 is 4.46 Å². The first kappa shape index (κ1) is 10.9. The van der Waals surface area contributed by atoms with E-state index in [0.717, 1.165) is 5.56 Å². The fourth-order valence-electron chi connectivity index (χ4n) is 2.11. The van der Waals surface area contributed by atoms with Crippen LogP contribution in [0.15, 0.2) is 36.4 Å². The Labute approximate surface area is 105 Å². The summed E-state index contributed by atoms with van der Waals surface area (Å²) in [5, 5.41) is 0.642. The van der Waals surface area contributed by atoms with Crippen LogP contribution in [0.1, 0.15) is 16.7 Å². The Hall–Kier alpha value is -1.18. The molecule has 0 fully saturated rings. The molecule has 3 rings (SSSR count). The Morgan fingerprint density at radius 1 is 0.882 bits per heavy atom. The van der Waals surface area contributed by atoms with Gasteiger partial charge in [0, 0.05) is 0 Å². The van der Waals surface area contributed by atoms with Crippen LogP contribution in [0.2, 0.25) is 0 Å². The monoisotopic (exact) mass is 296 g/mol. The van der Waals surface area contributed by atoms with Crippen LogP contribution in [0.4, 0.5) is 8.78 Å². The Morgan fingerprint density at radius 2 is 1.59 bits per heavy atom. The summed E-state index contributed by atoms with van der Waals surface area (Å²) in [4.78, 5) is 0. The van der Waals surface area contributed by atoms with Crippen molar-refractivity contribution in [1.29, 1.82) is 0 Å². The molecule has 3 heteroatoms. The van der Waals surface area contributed by atoms with Crippen molar-refractivity contribution >= 4 is 19.4 Å². The van der Waals surface area contributed by atoms with Gasteiger partial charge in [0.25, 0.3) is 0 Å². The molecule has 86 valence electrons. The van der Waals surface area contributed by atoms with Crippen LogP contribution in [0.5, 0.6) is 0 Å². The summed E-state index contributed by atoms with van der Waals surface area (Å²) in [6.07, 6.45) is 0.511. The predicted octanol–water partition coefficient (Wildman–Crippen LogP) is 2.40. The zero-order valence-electron chi connectivity index (χ0n) is 9.04. The average Bonchev–Trinajstić information content (AvgIpc) is 2.54. The Morgan fingerprint density at radius 3 is 2.41 bits per heavy atom. The third kappa shape index (κ3) is 1.90. The molecule has 0 bridgehead atoms. The minimum absolute atomic E-state index is 0.191. The van der Waals surface area contributed by atoms with E-state index >= 15 is 0 Å². The molecule has 0 aromatic heterocycles. The summed E-state index contributed by atoms with van der Waals surface area (Å²) < 4.78 is 28.7. The Bertz CT molecular complexity index is 578. The number of benzene rings is 2. The molecule has 0 saturated carbocycles. The van der Waals surface area contributed by atoms with Gasteiger partial charge in [-0.25, -0.2) is 0 Å². The van der Waals surface area contributed by atoms with E-state index in [9.17, 15) is 8.78 Å².